The third-order valence-corrected chi connectivity index (χ3v) is 3.96. The van der Waals surface area contributed by atoms with Crippen LogP contribution in [0.5, 0.6) is 5.75 Å². The van der Waals surface area contributed by atoms with E-state index < -0.39 is 0 Å². The third-order valence-electron chi connectivity index (χ3n) is 3.71. The molecule has 5 heteroatoms. The van der Waals surface area contributed by atoms with Gasteiger partial charge in [-0.2, -0.15) is 0 Å². The third kappa shape index (κ3) is 2.96. The molecule has 23 heavy (non-hydrogen) atoms. The maximum Gasteiger partial charge on any atom is 0.200 e. The van der Waals surface area contributed by atoms with Gasteiger partial charge in [0.25, 0.3) is 0 Å². The van der Waals surface area contributed by atoms with Crippen molar-refractivity contribution in [1.29, 1.82) is 0 Å². The average molecular weight is 331 g/mol. The molecule has 0 bridgehead atoms. The van der Waals surface area contributed by atoms with Gasteiger partial charge in [0.05, 0.1) is 30.6 Å². The van der Waals surface area contributed by atoms with Crippen molar-refractivity contribution >= 4 is 22.6 Å². The van der Waals surface area contributed by atoms with Gasteiger partial charge >= 0.3 is 0 Å². The minimum atomic E-state index is -0.122. The maximum atomic E-state index is 12.8. The van der Waals surface area contributed by atoms with Crippen molar-refractivity contribution in [3.8, 4) is 16.9 Å². The summed E-state index contributed by atoms with van der Waals surface area (Å²) in [5.41, 5.74) is 2.18. The van der Waals surface area contributed by atoms with Gasteiger partial charge in [-0.1, -0.05) is 23.7 Å². The van der Waals surface area contributed by atoms with Crippen LogP contribution in [-0.4, -0.2) is 19.2 Å². The van der Waals surface area contributed by atoms with E-state index in [0.717, 1.165) is 10.5 Å². The predicted molar refractivity (Wildman–Crippen MR) is 91.1 cm³/mol. The standard InChI is InChI=1S/C18H16ClNO3/c1-20(2)9-14-16(21)8-7-13-17(22)15(10-23-18(13)14)11-3-5-12(19)6-4-11/h3-8,10,21H,9H2,1-2H3/p+1. The fraction of sp³-hybridized carbons (Fsp3) is 0.167. The zero-order valence-corrected chi connectivity index (χ0v) is 13.6. The van der Waals surface area contributed by atoms with Crippen LogP contribution in [0.15, 0.2) is 51.9 Å². The molecule has 0 fully saturated rings. The zero-order chi connectivity index (χ0) is 16.6. The van der Waals surface area contributed by atoms with Crippen molar-refractivity contribution in [2.45, 2.75) is 6.54 Å². The van der Waals surface area contributed by atoms with Gasteiger partial charge in [-0.05, 0) is 29.8 Å². The Labute approximate surface area is 138 Å². The van der Waals surface area contributed by atoms with Gasteiger partial charge in [0.1, 0.15) is 24.1 Å². The van der Waals surface area contributed by atoms with Gasteiger partial charge in [-0.25, -0.2) is 0 Å². The summed E-state index contributed by atoms with van der Waals surface area (Å²) in [4.78, 5) is 13.9. The summed E-state index contributed by atoms with van der Waals surface area (Å²) in [6.45, 7) is 0.562. The second kappa shape index (κ2) is 6.07. The number of halogens is 1. The van der Waals surface area contributed by atoms with Crippen molar-refractivity contribution in [2.24, 2.45) is 0 Å². The largest absolute Gasteiger partial charge is 0.507 e. The number of phenolic OH excluding ortho intramolecular Hbond substituents is 1. The molecule has 0 amide bonds. The Morgan fingerprint density at radius 3 is 2.48 bits per heavy atom. The molecule has 0 saturated carbocycles. The summed E-state index contributed by atoms with van der Waals surface area (Å²) in [7, 11) is 3.94. The molecule has 0 atom stereocenters. The van der Waals surface area contributed by atoms with Crippen molar-refractivity contribution in [2.75, 3.05) is 14.1 Å². The van der Waals surface area contributed by atoms with Gasteiger partial charge in [-0.15, -0.1) is 0 Å². The molecule has 0 aliphatic rings. The normalized spacial score (nSPS) is 11.3. The van der Waals surface area contributed by atoms with E-state index in [1.54, 1.807) is 36.4 Å². The molecular weight excluding hydrogens is 314 g/mol. The van der Waals surface area contributed by atoms with Crippen LogP contribution >= 0.6 is 11.6 Å². The van der Waals surface area contributed by atoms with Gasteiger partial charge < -0.3 is 14.4 Å². The highest BCUT2D eigenvalue weighted by Crippen LogP contribution is 2.27. The van der Waals surface area contributed by atoms with Gasteiger partial charge in [0.2, 0.25) is 5.43 Å². The molecule has 0 saturated heterocycles. The van der Waals surface area contributed by atoms with Crippen molar-refractivity contribution in [3.05, 3.63) is 63.5 Å². The number of benzene rings is 2. The maximum absolute atomic E-state index is 12.8. The Kier molecular flexibility index (Phi) is 4.11. The monoisotopic (exact) mass is 330 g/mol. The summed E-state index contributed by atoms with van der Waals surface area (Å²) in [6.07, 6.45) is 1.45. The fourth-order valence-corrected chi connectivity index (χ4v) is 2.73. The number of hydrogen-bond acceptors (Lipinski definition) is 3. The molecule has 0 aliphatic carbocycles. The Hall–Kier alpha value is -2.30. The van der Waals surface area contributed by atoms with E-state index in [1.165, 1.54) is 6.26 Å². The number of aromatic hydroxyl groups is 1. The number of hydrogen-bond donors (Lipinski definition) is 2. The molecule has 0 spiro atoms. The highest BCUT2D eigenvalue weighted by molar-refractivity contribution is 6.30. The molecule has 1 heterocycles. The average Bonchev–Trinajstić information content (AvgIpc) is 2.51. The number of quaternary nitrogens is 1. The van der Waals surface area contributed by atoms with Crippen molar-refractivity contribution in [3.63, 3.8) is 0 Å². The predicted octanol–water partition coefficient (Wildman–Crippen LogP) is 2.46. The fourth-order valence-electron chi connectivity index (χ4n) is 2.60. The van der Waals surface area contributed by atoms with Crippen LogP contribution in [0, 0.1) is 0 Å². The molecule has 2 aromatic carbocycles. The van der Waals surface area contributed by atoms with Gasteiger partial charge in [0, 0.05) is 5.02 Å². The van der Waals surface area contributed by atoms with E-state index >= 15 is 0 Å². The molecule has 0 aliphatic heterocycles. The van der Waals surface area contributed by atoms with E-state index in [1.807, 2.05) is 14.1 Å². The lowest BCUT2D eigenvalue weighted by atomic mass is 10.0. The SMILES string of the molecule is C[NH+](C)Cc1c(O)ccc2c(=O)c(-c3ccc(Cl)cc3)coc12. The first kappa shape index (κ1) is 15.6. The topological polar surface area (TPSA) is 54.9 Å². The molecule has 4 nitrogen and oxygen atoms in total. The molecule has 0 unspecified atom stereocenters. The highest BCUT2D eigenvalue weighted by Gasteiger charge is 2.16. The number of nitrogens with one attached hydrogen (secondary N) is 1. The second-order valence-electron chi connectivity index (χ2n) is 5.81. The van der Waals surface area contributed by atoms with Crippen LogP contribution in [0.25, 0.3) is 22.1 Å². The molecule has 3 aromatic rings. The molecule has 1 aromatic heterocycles. The first-order chi connectivity index (χ1) is 11.0. The first-order valence-electron chi connectivity index (χ1n) is 7.28. The molecule has 118 valence electrons. The number of phenols is 1. The quantitative estimate of drug-likeness (QED) is 0.775. The lowest BCUT2D eigenvalue weighted by molar-refractivity contribution is -0.872. The van der Waals surface area contributed by atoms with Crippen LogP contribution in [-0.2, 0) is 6.54 Å². The van der Waals surface area contributed by atoms with Crippen LogP contribution in [0.3, 0.4) is 0 Å². The summed E-state index contributed by atoms with van der Waals surface area (Å²) in [6, 6.07) is 10.2. The van der Waals surface area contributed by atoms with E-state index in [-0.39, 0.29) is 11.2 Å². The Morgan fingerprint density at radius 1 is 1.13 bits per heavy atom. The van der Waals surface area contributed by atoms with Gasteiger partial charge in [-0.3, -0.25) is 4.79 Å². The minimum Gasteiger partial charge on any atom is -0.507 e. The smallest absolute Gasteiger partial charge is 0.200 e. The van der Waals surface area contributed by atoms with Gasteiger partial charge in [0.15, 0.2) is 0 Å². The van der Waals surface area contributed by atoms with E-state index in [4.69, 9.17) is 16.0 Å². The molecule has 2 N–H and O–H groups in total. The summed E-state index contributed by atoms with van der Waals surface area (Å²) in [5, 5.41) is 11.2. The van der Waals surface area contributed by atoms with Crippen LogP contribution in [0.2, 0.25) is 5.02 Å². The summed E-state index contributed by atoms with van der Waals surface area (Å²) < 4.78 is 5.71. The van der Waals surface area contributed by atoms with Crippen molar-refractivity contribution < 1.29 is 14.4 Å². The lowest BCUT2D eigenvalue weighted by Gasteiger charge is -2.11. The molecule has 0 radical (unpaired) electrons. The van der Waals surface area contributed by atoms with Crippen LogP contribution < -0.4 is 10.3 Å². The highest BCUT2D eigenvalue weighted by atomic mass is 35.5. The second-order valence-corrected chi connectivity index (χ2v) is 6.25. The van der Waals surface area contributed by atoms with E-state index in [9.17, 15) is 9.90 Å². The Bertz CT molecular complexity index is 914. The Morgan fingerprint density at radius 2 is 1.83 bits per heavy atom. The Balaban J connectivity index is 2.22. The molecule has 3 rings (SSSR count). The van der Waals surface area contributed by atoms with E-state index in [2.05, 4.69) is 0 Å². The first-order valence-corrected chi connectivity index (χ1v) is 7.66. The van der Waals surface area contributed by atoms with Crippen molar-refractivity contribution in [1.82, 2.24) is 0 Å². The minimum absolute atomic E-state index is 0.122. The summed E-state index contributed by atoms with van der Waals surface area (Å²) in [5.74, 6) is 0.140. The number of fused-ring (bicyclic) bond motifs is 1. The van der Waals surface area contributed by atoms with Crippen LogP contribution in [0.4, 0.5) is 0 Å². The zero-order valence-electron chi connectivity index (χ0n) is 12.9. The molecular formula is C18H17ClNO3+. The lowest BCUT2D eigenvalue weighted by Crippen LogP contribution is -3.04. The summed E-state index contributed by atoms with van der Waals surface area (Å²) >= 11 is 5.89. The van der Waals surface area contributed by atoms with E-state index in [0.29, 0.717) is 33.7 Å². The number of rotatable bonds is 3. The van der Waals surface area contributed by atoms with Crippen LogP contribution in [0.1, 0.15) is 5.56 Å².